The largest absolute Gasteiger partial charge is 0.223 e. The molecule has 0 bridgehead atoms. The van der Waals surface area contributed by atoms with Crippen molar-refractivity contribution in [1.82, 2.24) is 4.31 Å². The molecule has 2 aromatic carbocycles. The molecule has 10 heteroatoms. The van der Waals surface area contributed by atoms with Gasteiger partial charge in [-0.2, -0.15) is 0 Å². The van der Waals surface area contributed by atoms with Crippen molar-refractivity contribution in [3.63, 3.8) is 0 Å². The van der Waals surface area contributed by atoms with Crippen molar-refractivity contribution in [2.75, 3.05) is 13.3 Å². The van der Waals surface area contributed by atoms with Crippen molar-refractivity contribution in [1.29, 1.82) is 0 Å². The molecule has 1 aliphatic rings. The lowest BCUT2D eigenvalue weighted by molar-refractivity contribution is 0.246. The Morgan fingerprint density at radius 2 is 1.57 bits per heavy atom. The van der Waals surface area contributed by atoms with Gasteiger partial charge in [-0.05, 0) is 68.1 Å². The van der Waals surface area contributed by atoms with Gasteiger partial charge in [0.05, 0.1) is 11.2 Å². The van der Waals surface area contributed by atoms with Gasteiger partial charge in [0, 0.05) is 23.7 Å². The Morgan fingerprint density at radius 1 is 1.00 bits per heavy atom. The molecule has 0 amide bonds. The summed E-state index contributed by atoms with van der Waals surface area (Å²) in [5, 5.41) is 0.346. The third-order valence-corrected chi connectivity index (χ3v) is 10.0. The van der Waals surface area contributed by atoms with Crippen LogP contribution < -0.4 is 0 Å². The maximum Gasteiger partial charge on any atom is 0.211 e. The summed E-state index contributed by atoms with van der Waals surface area (Å²) in [5.74, 6) is -1.56. The van der Waals surface area contributed by atoms with Gasteiger partial charge in [0.2, 0.25) is 10.0 Å². The molecule has 30 heavy (non-hydrogen) atoms. The minimum atomic E-state index is -4.15. The summed E-state index contributed by atoms with van der Waals surface area (Å²) in [5.41, 5.74) is -0.238. The molecule has 0 saturated heterocycles. The van der Waals surface area contributed by atoms with Gasteiger partial charge in [0.1, 0.15) is 16.4 Å². The van der Waals surface area contributed by atoms with Crippen LogP contribution in [0.25, 0.3) is 0 Å². The zero-order chi connectivity index (χ0) is 22.3. The molecule has 0 unspecified atom stereocenters. The first-order valence-corrected chi connectivity index (χ1v) is 13.0. The van der Waals surface area contributed by atoms with Gasteiger partial charge in [0.25, 0.3) is 0 Å². The number of nitrogens with zero attached hydrogens (tertiary/aromatic N) is 1. The van der Waals surface area contributed by atoms with Crippen LogP contribution in [0.4, 0.5) is 8.78 Å². The van der Waals surface area contributed by atoms with Crippen LogP contribution in [0.15, 0.2) is 47.4 Å². The molecule has 0 aliphatic heterocycles. The molecule has 3 rings (SSSR count). The number of halogens is 3. The van der Waals surface area contributed by atoms with Gasteiger partial charge in [-0.15, -0.1) is 0 Å². The number of rotatable bonds is 5. The lowest BCUT2D eigenvalue weighted by Crippen LogP contribution is -2.46. The summed E-state index contributed by atoms with van der Waals surface area (Å²) in [6.07, 6.45) is 1.34. The Bertz CT molecular complexity index is 1140. The van der Waals surface area contributed by atoms with Gasteiger partial charge in [0.15, 0.2) is 9.84 Å². The highest BCUT2D eigenvalue weighted by molar-refractivity contribution is 7.92. The van der Waals surface area contributed by atoms with E-state index in [2.05, 4.69) is 0 Å². The summed E-state index contributed by atoms with van der Waals surface area (Å²) < 4.78 is 79.5. The fourth-order valence-electron chi connectivity index (χ4n) is 4.07. The van der Waals surface area contributed by atoms with Gasteiger partial charge in [-0.1, -0.05) is 11.6 Å². The molecule has 164 valence electrons. The highest BCUT2D eigenvalue weighted by Gasteiger charge is 2.50. The van der Waals surface area contributed by atoms with Crippen molar-refractivity contribution < 1.29 is 25.6 Å². The number of benzene rings is 2. The zero-order valence-electron chi connectivity index (χ0n) is 16.5. The first-order chi connectivity index (χ1) is 13.9. The predicted molar refractivity (Wildman–Crippen MR) is 112 cm³/mol. The second kappa shape index (κ2) is 8.18. The van der Waals surface area contributed by atoms with Crippen LogP contribution in [0.1, 0.15) is 31.2 Å². The average Bonchev–Trinajstić information content (AvgIpc) is 2.69. The first-order valence-electron chi connectivity index (χ1n) is 9.27. The number of sulfonamides is 1. The van der Waals surface area contributed by atoms with Gasteiger partial charge < -0.3 is 0 Å². The lowest BCUT2D eigenvalue weighted by Gasteiger charge is -2.42. The second-order valence-corrected chi connectivity index (χ2v) is 12.3. The normalized spacial score (nSPS) is 22.9. The van der Waals surface area contributed by atoms with Crippen molar-refractivity contribution >= 4 is 31.5 Å². The number of hydrogen-bond donors (Lipinski definition) is 0. The lowest BCUT2D eigenvalue weighted by atomic mass is 9.80. The van der Waals surface area contributed by atoms with Gasteiger partial charge in [-0.3, -0.25) is 0 Å². The maximum atomic E-state index is 14.8. The molecule has 5 nitrogen and oxygen atoms in total. The molecule has 0 spiro atoms. The molecular weight excluding hydrogens is 456 g/mol. The van der Waals surface area contributed by atoms with E-state index in [1.807, 2.05) is 0 Å². The van der Waals surface area contributed by atoms with Crippen LogP contribution in [-0.2, 0) is 24.6 Å². The van der Waals surface area contributed by atoms with Crippen LogP contribution in [0.5, 0.6) is 0 Å². The van der Waals surface area contributed by atoms with E-state index < -0.39 is 42.3 Å². The average molecular weight is 478 g/mol. The first kappa shape index (κ1) is 23.1. The van der Waals surface area contributed by atoms with Crippen LogP contribution in [-0.4, -0.2) is 40.5 Å². The third-order valence-electron chi connectivity index (χ3n) is 5.86. The van der Waals surface area contributed by atoms with E-state index in [9.17, 15) is 25.6 Å². The quantitative estimate of drug-likeness (QED) is 0.649. The highest BCUT2D eigenvalue weighted by atomic mass is 35.5. The predicted octanol–water partition coefficient (Wildman–Crippen LogP) is 4.12. The zero-order valence-corrected chi connectivity index (χ0v) is 18.9. The van der Waals surface area contributed by atoms with Crippen LogP contribution in [0, 0.1) is 11.6 Å². The Balaban J connectivity index is 2.12. The van der Waals surface area contributed by atoms with Gasteiger partial charge in [-0.25, -0.2) is 29.9 Å². The molecule has 1 fully saturated rings. The summed E-state index contributed by atoms with van der Waals surface area (Å²) in [7, 11) is -6.19. The standard InChI is InChI=1S/C20H22ClF2NO4S2/c1-24(29(2,25)26)16-9-11-20(12-10-16,18-13-15(22)5-8-19(18)23)30(27,28)17-6-3-14(21)4-7-17/h3-8,13,16H,9-12H2,1-2H3/t16-,20+. The van der Waals surface area contributed by atoms with E-state index in [0.29, 0.717) is 5.02 Å². The SMILES string of the molecule is CN([C@H]1CC[C@@](c2cc(F)ccc2F)(S(=O)(=O)c2ccc(Cl)cc2)CC1)S(C)(=O)=O. The van der Waals surface area contributed by atoms with E-state index >= 15 is 0 Å². The molecule has 2 aromatic rings. The minimum absolute atomic E-state index is 0.0505. The highest BCUT2D eigenvalue weighted by Crippen LogP contribution is 2.48. The molecule has 0 radical (unpaired) electrons. The topological polar surface area (TPSA) is 71.5 Å². The van der Waals surface area contributed by atoms with Crippen LogP contribution in [0.3, 0.4) is 0 Å². The smallest absolute Gasteiger partial charge is 0.211 e. The number of sulfone groups is 1. The molecule has 0 atom stereocenters. The summed E-state index contributed by atoms with van der Waals surface area (Å²) >= 11 is 5.88. The fourth-order valence-corrected chi connectivity index (χ4v) is 7.12. The molecular formula is C20H22ClF2NO4S2. The molecule has 0 heterocycles. The van der Waals surface area contributed by atoms with Crippen molar-refractivity contribution in [3.8, 4) is 0 Å². The molecule has 1 saturated carbocycles. The third kappa shape index (κ3) is 4.12. The monoisotopic (exact) mass is 477 g/mol. The Hall–Kier alpha value is -1.55. The van der Waals surface area contributed by atoms with E-state index in [4.69, 9.17) is 11.6 Å². The van der Waals surface area contributed by atoms with Crippen molar-refractivity contribution in [2.24, 2.45) is 0 Å². The molecule has 0 aromatic heterocycles. The number of hydrogen-bond acceptors (Lipinski definition) is 4. The summed E-state index contributed by atoms with van der Waals surface area (Å²) in [6, 6.07) is 7.87. The maximum absolute atomic E-state index is 14.8. The Kier molecular flexibility index (Phi) is 6.30. The summed E-state index contributed by atoms with van der Waals surface area (Å²) in [4.78, 5) is -0.0505. The van der Waals surface area contributed by atoms with Crippen LogP contribution >= 0.6 is 11.6 Å². The van der Waals surface area contributed by atoms with Crippen molar-refractivity contribution in [2.45, 2.75) is 41.4 Å². The minimum Gasteiger partial charge on any atom is -0.223 e. The molecule has 1 aliphatic carbocycles. The van der Waals surface area contributed by atoms with E-state index in [0.717, 1.165) is 24.5 Å². The fraction of sp³-hybridized carbons (Fsp3) is 0.400. The van der Waals surface area contributed by atoms with Crippen LogP contribution in [0.2, 0.25) is 5.02 Å². The van der Waals surface area contributed by atoms with E-state index in [1.54, 1.807) is 0 Å². The molecule has 0 N–H and O–H groups in total. The Morgan fingerprint density at radius 3 is 2.10 bits per heavy atom. The van der Waals surface area contributed by atoms with E-state index in [1.165, 1.54) is 35.6 Å². The van der Waals surface area contributed by atoms with Crippen molar-refractivity contribution in [3.05, 3.63) is 64.7 Å². The Labute approximate surface area is 180 Å². The summed E-state index contributed by atoms with van der Waals surface area (Å²) in [6.45, 7) is 0. The van der Waals surface area contributed by atoms with Gasteiger partial charge >= 0.3 is 0 Å². The van der Waals surface area contributed by atoms with E-state index in [-0.39, 0.29) is 36.1 Å². The second-order valence-electron chi connectivity index (χ2n) is 7.59.